The number of phenolic OH excluding ortho intramolecular Hbond substituents is 1. The van der Waals surface area contributed by atoms with Crippen molar-refractivity contribution in [1.29, 1.82) is 0 Å². The predicted molar refractivity (Wildman–Crippen MR) is 119 cm³/mol. The van der Waals surface area contributed by atoms with E-state index in [0.29, 0.717) is 27.8 Å². The van der Waals surface area contributed by atoms with Gasteiger partial charge in [-0.15, -0.1) is 10.2 Å². The van der Waals surface area contributed by atoms with Crippen LogP contribution in [0, 0.1) is 0 Å². The van der Waals surface area contributed by atoms with Gasteiger partial charge in [-0.05, 0) is 48.0 Å². The first-order valence-corrected chi connectivity index (χ1v) is 10.3. The molecule has 0 aliphatic rings. The minimum absolute atomic E-state index is 0.0571. The molecular formula is C25H15F3N2O5. The third-order valence-corrected chi connectivity index (χ3v) is 5.19. The molecule has 0 fully saturated rings. The first-order chi connectivity index (χ1) is 16.8. The van der Waals surface area contributed by atoms with E-state index in [1.54, 1.807) is 24.3 Å². The fourth-order valence-corrected chi connectivity index (χ4v) is 3.44. The van der Waals surface area contributed by atoms with E-state index < -0.39 is 11.7 Å². The number of hydrogen-bond acceptors (Lipinski definition) is 7. The van der Waals surface area contributed by atoms with Gasteiger partial charge in [-0.3, -0.25) is 4.79 Å². The van der Waals surface area contributed by atoms with Crippen LogP contribution in [0.4, 0.5) is 13.2 Å². The molecular weight excluding hydrogens is 465 g/mol. The number of fused-ring (bicyclic) bond motifs is 1. The summed E-state index contributed by atoms with van der Waals surface area (Å²) in [5.74, 6) is 0.434. The van der Waals surface area contributed by atoms with E-state index in [0.717, 1.165) is 12.1 Å². The van der Waals surface area contributed by atoms with Gasteiger partial charge in [0.15, 0.2) is 12.0 Å². The summed E-state index contributed by atoms with van der Waals surface area (Å²) in [4.78, 5) is 12.9. The van der Waals surface area contributed by atoms with Crippen molar-refractivity contribution in [2.24, 2.45) is 0 Å². The highest BCUT2D eigenvalue weighted by atomic mass is 19.4. The molecule has 0 atom stereocenters. The Balaban J connectivity index is 1.33. The minimum atomic E-state index is -4.49. The van der Waals surface area contributed by atoms with Gasteiger partial charge in [-0.2, -0.15) is 13.2 Å². The summed E-state index contributed by atoms with van der Waals surface area (Å²) in [6.07, 6.45) is -3.15. The van der Waals surface area contributed by atoms with Crippen molar-refractivity contribution >= 4 is 11.0 Å². The summed E-state index contributed by atoms with van der Waals surface area (Å²) < 4.78 is 55.5. The molecule has 10 heteroatoms. The summed E-state index contributed by atoms with van der Waals surface area (Å²) in [6.45, 7) is -0.146. The normalized spacial score (nSPS) is 11.6. The Kier molecular flexibility index (Phi) is 5.48. The highest BCUT2D eigenvalue weighted by Gasteiger charge is 2.30. The number of aromatic hydroxyl groups is 1. The summed E-state index contributed by atoms with van der Waals surface area (Å²) in [7, 11) is 0. The number of rotatable bonds is 5. The molecule has 0 spiro atoms. The van der Waals surface area contributed by atoms with Gasteiger partial charge >= 0.3 is 6.18 Å². The Hall–Kier alpha value is -4.60. The molecule has 2 aromatic heterocycles. The van der Waals surface area contributed by atoms with Crippen LogP contribution in [-0.2, 0) is 12.8 Å². The molecule has 2 heterocycles. The van der Waals surface area contributed by atoms with Gasteiger partial charge in [0.05, 0.1) is 16.5 Å². The molecule has 176 valence electrons. The van der Waals surface area contributed by atoms with E-state index in [1.807, 2.05) is 0 Å². The van der Waals surface area contributed by atoms with Crippen molar-refractivity contribution in [1.82, 2.24) is 10.2 Å². The van der Waals surface area contributed by atoms with Gasteiger partial charge in [0.1, 0.15) is 23.3 Å². The summed E-state index contributed by atoms with van der Waals surface area (Å²) >= 11 is 0. The average Bonchev–Trinajstić information content (AvgIpc) is 3.32. The SMILES string of the molecule is O=c1c(-c2ccc(O)cc2)coc2cc(OCc3nnc(-c4cccc(C(F)(F)F)c4)o3)ccc12. The van der Waals surface area contributed by atoms with E-state index >= 15 is 0 Å². The largest absolute Gasteiger partial charge is 0.508 e. The molecule has 0 radical (unpaired) electrons. The van der Waals surface area contributed by atoms with Gasteiger partial charge in [-0.25, -0.2) is 0 Å². The van der Waals surface area contributed by atoms with Crippen LogP contribution < -0.4 is 10.2 Å². The zero-order chi connectivity index (χ0) is 24.6. The second-order valence-corrected chi connectivity index (χ2v) is 7.55. The van der Waals surface area contributed by atoms with Crippen LogP contribution in [0.1, 0.15) is 11.5 Å². The lowest BCUT2D eigenvalue weighted by atomic mass is 10.1. The molecule has 0 bridgehead atoms. The monoisotopic (exact) mass is 480 g/mol. The van der Waals surface area contributed by atoms with Gasteiger partial charge < -0.3 is 18.7 Å². The van der Waals surface area contributed by atoms with Crippen LogP contribution in [-0.4, -0.2) is 15.3 Å². The maximum atomic E-state index is 12.9. The van der Waals surface area contributed by atoms with Crippen molar-refractivity contribution in [3.05, 3.63) is 94.7 Å². The van der Waals surface area contributed by atoms with Crippen LogP contribution in [0.5, 0.6) is 11.5 Å². The molecule has 0 saturated heterocycles. The molecule has 5 rings (SSSR count). The van der Waals surface area contributed by atoms with E-state index in [9.17, 15) is 23.1 Å². The second kappa shape index (κ2) is 8.64. The molecule has 35 heavy (non-hydrogen) atoms. The minimum Gasteiger partial charge on any atom is -0.508 e. The van der Waals surface area contributed by atoms with Crippen LogP contribution in [0.2, 0.25) is 0 Å². The number of halogens is 3. The van der Waals surface area contributed by atoms with E-state index in [2.05, 4.69) is 10.2 Å². The number of alkyl halides is 3. The Morgan fingerprint density at radius 3 is 2.51 bits per heavy atom. The lowest BCUT2D eigenvalue weighted by Gasteiger charge is -2.07. The van der Waals surface area contributed by atoms with Crippen molar-refractivity contribution < 1.29 is 31.8 Å². The Morgan fingerprint density at radius 1 is 0.943 bits per heavy atom. The van der Waals surface area contributed by atoms with Crippen LogP contribution in [0.3, 0.4) is 0 Å². The molecule has 3 aromatic carbocycles. The smallest absolute Gasteiger partial charge is 0.416 e. The maximum absolute atomic E-state index is 12.9. The van der Waals surface area contributed by atoms with E-state index in [4.69, 9.17) is 13.6 Å². The number of aromatic nitrogens is 2. The van der Waals surface area contributed by atoms with Crippen molar-refractivity contribution in [2.45, 2.75) is 12.8 Å². The first kappa shape index (κ1) is 22.2. The zero-order valence-corrected chi connectivity index (χ0v) is 17.7. The van der Waals surface area contributed by atoms with Crippen LogP contribution >= 0.6 is 0 Å². The number of hydrogen-bond donors (Lipinski definition) is 1. The molecule has 7 nitrogen and oxygen atoms in total. The average molecular weight is 480 g/mol. The quantitative estimate of drug-likeness (QED) is 0.339. The highest BCUT2D eigenvalue weighted by molar-refractivity contribution is 5.82. The number of nitrogens with zero attached hydrogens (tertiary/aromatic N) is 2. The lowest BCUT2D eigenvalue weighted by Crippen LogP contribution is -2.05. The van der Waals surface area contributed by atoms with E-state index in [-0.39, 0.29) is 35.1 Å². The molecule has 0 aliphatic carbocycles. The first-order valence-electron chi connectivity index (χ1n) is 10.3. The van der Waals surface area contributed by atoms with Gasteiger partial charge in [0, 0.05) is 11.6 Å². The summed E-state index contributed by atoms with van der Waals surface area (Å²) in [5.41, 5.74) is 0.315. The van der Waals surface area contributed by atoms with E-state index in [1.165, 1.54) is 36.6 Å². The summed E-state index contributed by atoms with van der Waals surface area (Å²) in [5, 5.41) is 17.4. The zero-order valence-electron chi connectivity index (χ0n) is 17.7. The standard InChI is InChI=1S/C25H15F3N2O5/c26-25(27,28)16-3-1-2-15(10-16)24-30-29-22(35-24)13-33-18-8-9-19-21(11-18)34-12-20(23(19)32)14-4-6-17(31)7-5-14/h1-12,31H,13H2. The molecule has 0 aliphatic heterocycles. The van der Waals surface area contributed by atoms with Crippen molar-refractivity contribution in [2.75, 3.05) is 0 Å². The highest BCUT2D eigenvalue weighted by Crippen LogP contribution is 2.32. The number of ether oxygens (including phenoxy) is 1. The molecule has 1 N–H and O–H groups in total. The predicted octanol–water partition coefficient (Wildman–Crippen LogP) is 5.81. The van der Waals surface area contributed by atoms with Gasteiger partial charge in [-0.1, -0.05) is 18.2 Å². The summed E-state index contributed by atoms with van der Waals surface area (Å²) in [6, 6.07) is 15.4. The fraction of sp³-hybridized carbons (Fsp3) is 0.0800. The van der Waals surface area contributed by atoms with Gasteiger partial charge in [0.2, 0.25) is 5.89 Å². The maximum Gasteiger partial charge on any atom is 0.416 e. The molecule has 5 aromatic rings. The Bertz CT molecular complexity index is 1570. The molecule has 0 saturated carbocycles. The van der Waals surface area contributed by atoms with Crippen LogP contribution in [0.15, 0.2) is 86.6 Å². The number of phenols is 1. The molecule has 0 amide bonds. The third-order valence-electron chi connectivity index (χ3n) is 5.19. The van der Waals surface area contributed by atoms with Crippen LogP contribution in [0.25, 0.3) is 33.6 Å². The van der Waals surface area contributed by atoms with Crippen molar-refractivity contribution in [3.63, 3.8) is 0 Å². The molecule has 0 unspecified atom stereocenters. The fourth-order valence-electron chi connectivity index (χ4n) is 3.44. The van der Waals surface area contributed by atoms with Gasteiger partial charge in [0.25, 0.3) is 5.89 Å². The Morgan fingerprint density at radius 2 is 1.74 bits per heavy atom. The van der Waals surface area contributed by atoms with Crippen molar-refractivity contribution in [3.8, 4) is 34.1 Å². The Labute approximate surface area is 195 Å². The topological polar surface area (TPSA) is 98.6 Å². The third kappa shape index (κ3) is 4.58. The second-order valence-electron chi connectivity index (χ2n) is 7.55. The lowest BCUT2D eigenvalue weighted by molar-refractivity contribution is -0.137. The number of benzene rings is 3.